The van der Waals surface area contributed by atoms with Gasteiger partial charge in [-0.15, -0.1) is 11.3 Å². The van der Waals surface area contributed by atoms with E-state index in [2.05, 4.69) is 129 Å². The second kappa shape index (κ2) is 8.24. The molecule has 1 aliphatic heterocycles. The fraction of sp³-hybridized carbons (Fsp3) is 0.471. The number of hydrogen-bond acceptors (Lipinski definition) is 2. The minimum Gasteiger partial charge on any atom is -0.140 e. The molecule has 0 saturated heterocycles. The summed E-state index contributed by atoms with van der Waals surface area (Å²) < 4.78 is 2.32. The maximum Gasteiger partial charge on any atom is 0.240 e. The highest BCUT2D eigenvalue weighted by Gasteiger charge is 2.55. The standard InChI is InChI=1S/C34H43N2S/c1-21-25(29-17-16-22(37-29)20-31(2,3)4)19-28-26-18-27(32(5,6)7)23-14-12-13-15-24(23)30(26)33(8,9)34(10,11)36(28)35-21/h12-19H,20H2,1-11H3/q+1. The van der Waals surface area contributed by atoms with Crippen molar-refractivity contribution in [2.75, 3.05) is 0 Å². The van der Waals surface area contributed by atoms with Crippen molar-refractivity contribution < 1.29 is 4.68 Å². The number of fused-ring (bicyclic) bond motifs is 5. The predicted octanol–water partition coefficient (Wildman–Crippen LogP) is 9.14. The number of benzene rings is 2. The summed E-state index contributed by atoms with van der Waals surface area (Å²) in [6, 6.07) is 18.5. The molecule has 0 aliphatic carbocycles. The third-order valence-electron chi connectivity index (χ3n) is 8.59. The average Bonchev–Trinajstić information content (AvgIpc) is 3.22. The topological polar surface area (TPSA) is 16.8 Å². The Hall–Kier alpha value is -2.52. The van der Waals surface area contributed by atoms with Crippen LogP contribution in [0.2, 0.25) is 0 Å². The Kier molecular flexibility index (Phi) is 5.81. The first-order chi connectivity index (χ1) is 17.0. The minimum atomic E-state index is -0.197. The van der Waals surface area contributed by atoms with E-state index in [4.69, 9.17) is 5.10 Å². The minimum absolute atomic E-state index is 0.0349. The first-order valence-electron chi connectivity index (χ1n) is 13.6. The summed E-state index contributed by atoms with van der Waals surface area (Å²) >= 11 is 1.92. The van der Waals surface area contributed by atoms with E-state index in [0.29, 0.717) is 0 Å². The van der Waals surface area contributed by atoms with Crippen LogP contribution in [0.5, 0.6) is 0 Å². The third kappa shape index (κ3) is 4.14. The van der Waals surface area contributed by atoms with Crippen LogP contribution in [0.25, 0.3) is 32.5 Å². The zero-order valence-electron chi connectivity index (χ0n) is 24.6. The van der Waals surface area contributed by atoms with E-state index in [-0.39, 0.29) is 21.8 Å². The van der Waals surface area contributed by atoms with Crippen LogP contribution in [-0.2, 0) is 22.8 Å². The van der Waals surface area contributed by atoms with Crippen molar-refractivity contribution in [3.8, 4) is 21.7 Å². The van der Waals surface area contributed by atoms with E-state index in [1.54, 1.807) is 0 Å². The van der Waals surface area contributed by atoms with E-state index >= 15 is 0 Å². The van der Waals surface area contributed by atoms with Crippen LogP contribution < -0.4 is 4.68 Å². The quantitative estimate of drug-likeness (QED) is 0.245. The van der Waals surface area contributed by atoms with Crippen molar-refractivity contribution in [1.29, 1.82) is 0 Å². The second-order valence-corrected chi connectivity index (χ2v) is 15.4. The van der Waals surface area contributed by atoms with Crippen LogP contribution in [0.3, 0.4) is 0 Å². The second-order valence-electron chi connectivity index (χ2n) is 14.3. The van der Waals surface area contributed by atoms with Crippen LogP contribution in [0.15, 0.2) is 48.5 Å². The maximum absolute atomic E-state index is 5.32. The first kappa shape index (κ1) is 26.1. The monoisotopic (exact) mass is 511 g/mol. The number of hydrogen-bond donors (Lipinski definition) is 0. The molecule has 0 spiro atoms. The van der Waals surface area contributed by atoms with Gasteiger partial charge in [0.1, 0.15) is 5.69 Å². The number of rotatable bonds is 2. The first-order valence-corrected chi connectivity index (χ1v) is 14.4. The molecule has 0 fully saturated rings. The molecule has 2 nitrogen and oxygen atoms in total. The highest BCUT2D eigenvalue weighted by Crippen LogP contribution is 2.50. The molecule has 0 bridgehead atoms. The van der Waals surface area contributed by atoms with Crippen molar-refractivity contribution in [1.82, 2.24) is 5.10 Å². The summed E-state index contributed by atoms with van der Waals surface area (Å²) in [5.41, 5.74) is 7.74. The van der Waals surface area contributed by atoms with Crippen LogP contribution in [0.4, 0.5) is 0 Å². The average molecular weight is 512 g/mol. The molecule has 0 radical (unpaired) electrons. The fourth-order valence-electron chi connectivity index (χ4n) is 6.01. The summed E-state index contributed by atoms with van der Waals surface area (Å²) in [7, 11) is 0. The Morgan fingerprint density at radius 2 is 1.49 bits per heavy atom. The summed E-state index contributed by atoms with van der Waals surface area (Å²) in [4.78, 5) is 2.75. The lowest BCUT2D eigenvalue weighted by Crippen LogP contribution is -2.67. The molecular weight excluding hydrogens is 468 g/mol. The Bertz CT molecular complexity index is 1520. The lowest BCUT2D eigenvalue weighted by Gasteiger charge is -2.42. The smallest absolute Gasteiger partial charge is 0.140 e. The largest absolute Gasteiger partial charge is 0.240 e. The summed E-state index contributed by atoms with van der Waals surface area (Å²) in [5.74, 6) is 0. The van der Waals surface area contributed by atoms with E-state index in [9.17, 15) is 0 Å². The lowest BCUT2D eigenvalue weighted by molar-refractivity contribution is -0.810. The Morgan fingerprint density at radius 3 is 2.11 bits per heavy atom. The van der Waals surface area contributed by atoms with Gasteiger partial charge >= 0.3 is 0 Å². The van der Waals surface area contributed by atoms with Gasteiger partial charge in [-0.2, -0.15) is 0 Å². The van der Waals surface area contributed by atoms with Crippen LogP contribution in [0, 0.1) is 12.3 Å². The molecule has 0 unspecified atom stereocenters. The van der Waals surface area contributed by atoms with Crippen molar-refractivity contribution in [2.45, 2.75) is 99.0 Å². The molecule has 2 aromatic carbocycles. The van der Waals surface area contributed by atoms with Crippen LogP contribution in [0.1, 0.15) is 90.9 Å². The van der Waals surface area contributed by atoms with E-state index in [1.807, 2.05) is 11.3 Å². The normalized spacial score (nSPS) is 16.5. The highest BCUT2D eigenvalue weighted by molar-refractivity contribution is 7.15. The SMILES string of the molecule is Cc1n[n+]2c(cc1-c1ccc(CC(C)(C)C)s1)-c1cc(C(C)(C)C)c3ccccc3c1C(C)(C)C2(C)C. The van der Waals surface area contributed by atoms with Gasteiger partial charge in [0.25, 0.3) is 0 Å². The number of thiophene rings is 1. The fourth-order valence-corrected chi connectivity index (χ4v) is 7.39. The number of aryl methyl sites for hydroxylation is 1. The van der Waals surface area contributed by atoms with Crippen molar-refractivity contribution in [3.05, 3.63) is 70.2 Å². The molecule has 0 amide bonds. The predicted molar refractivity (Wildman–Crippen MR) is 160 cm³/mol. The summed E-state index contributed by atoms with van der Waals surface area (Å²) in [5, 5.41) is 8.06. The molecular formula is C34H43N2S+. The van der Waals surface area contributed by atoms with Gasteiger partial charge in [0.2, 0.25) is 5.69 Å². The lowest BCUT2D eigenvalue weighted by atomic mass is 9.63. The molecule has 3 heteroatoms. The molecule has 1 aliphatic rings. The molecule has 194 valence electrons. The summed E-state index contributed by atoms with van der Waals surface area (Å²) in [6.07, 6.45) is 1.09. The van der Waals surface area contributed by atoms with Gasteiger partial charge in [-0.3, -0.25) is 0 Å². The van der Waals surface area contributed by atoms with Gasteiger partial charge in [-0.25, -0.2) is 0 Å². The molecule has 0 N–H and O–H groups in total. The molecule has 5 rings (SSSR count). The molecule has 3 heterocycles. The number of aromatic nitrogens is 2. The van der Waals surface area contributed by atoms with Crippen molar-refractivity contribution in [3.63, 3.8) is 0 Å². The van der Waals surface area contributed by atoms with Gasteiger partial charge in [0.15, 0.2) is 5.54 Å². The van der Waals surface area contributed by atoms with E-state index in [1.165, 1.54) is 48.5 Å². The summed E-state index contributed by atoms with van der Waals surface area (Å²) in [6.45, 7) is 25.6. The van der Waals surface area contributed by atoms with Gasteiger partial charge in [-0.05, 0) is 83.2 Å². The Morgan fingerprint density at radius 1 is 0.838 bits per heavy atom. The molecule has 0 atom stereocenters. The zero-order chi connectivity index (χ0) is 27.1. The van der Waals surface area contributed by atoms with E-state index < -0.39 is 0 Å². The van der Waals surface area contributed by atoms with Crippen LogP contribution >= 0.6 is 11.3 Å². The molecule has 4 aromatic rings. The van der Waals surface area contributed by atoms with Crippen molar-refractivity contribution in [2.24, 2.45) is 5.41 Å². The third-order valence-corrected chi connectivity index (χ3v) is 9.71. The van der Waals surface area contributed by atoms with Crippen LogP contribution in [-0.4, -0.2) is 5.10 Å². The van der Waals surface area contributed by atoms with Crippen molar-refractivity contribution >= 4 is 22.1 Å². The molecule has 0 saturated carbocycles. The van der Waals surface area contributed by atoms with Gasteiger partial charge < -0.3 is 0 Å². The van der Waals surface area contributed by atoms with E-state index in [0.717, 1.165) is 12.1 Å². The Labute approximate surface area is 227 Å². The zero-order valence-corrected chi connectivity index (χ0v) is 25.4. The Balaban J connectivity index is 1.83. The van der Waals surface area contributed by atoms with Gasteiger partial charge in [0, 0.05) is 35.2 Å². The van der Waals surface area contributed by atoms with Gasteiger partial charge in [0.05, 0.1) is 11.0 Å². The molecule has 37 heavy (non-hydrogen) atoms. The maximum atomic E-state index is 5.32. The molecule has 2 aromatic heterocycles. The number of nitrogens with zero attached hydrogens (tertiary/aromatic N) is 2. The highest BCUT2D eigenvalue weighted by atomic mass is 32.1. The van der Waals surface area contributed by atoms with Gasteiger partial charge in [-0.1, -0.05) is 70.5 Å².